The van der Waals surface area contributed by atoms with Gasteiger partial charge in [-0.15, -0.1) is 12.4 Å². The van der Waals surface area contributed by atoms with Gasteiger partial charge in [0.25, 0.3) is 5.91 Å². The third-order valence-corrected chi connectivity index (χ3v) is 5.65. The van der Waals surface area contributed by atoms with Crippen LogP contribution in [0.15, 0.2) is 12.4 Å². The van der Waals surface area contributed by atoms with E-state index in [1.54, 1.807) is 6.20 Å². The third-order valence-electron chi connectivity index (χ3n) is 5.65. The smallest absolute Gasteiger partial charge is 0.253 e. The summed E-state index contributed by atoms with van der Waals surface area (Å²) in [6.45, 7) is 3.46. The average molecular weight is 393 g/mol. The van der Waals surface area contributed by atoms with E-state index in [1.165, 1.54) is 32.1 Å². The fourth-order valence-corrected chi connectivity index (χ4v) is 4.14. The molecule has 2 aromatic rings. The van der Waals surface area contributed by atoms with Crippen LogP contribution in [0.2, 0.25) is 0 Å². The molecule has 1 aliphatic heterocycles. The Hall–Kier alpha value is -1.79. The van der Waals surface area contributed by atoms with Crippen LogP contribution < -0.4 is 10.6 Å². The van der Waals surface area contributed by atoms with Crippen LogP contribution in [0.3, 0.4) is 0 Å². The standard InChI is InChI=1S/C20H28N4O2.ClH/c1-13-11-21-18-17(13)16(20(25)24-15-7-9-26-10-8-15)12-22-19(18)23-14-5-3-2-4-6-14;/h11-12,14-15,21H,2-10H2,1H3,(H,22,23)(H,24,25);1H. The Morgan fingerprint density at radius 2 is 1.89 bits per heavy atom. The molecule has 0 spiro atoms. The van der Waals surface area contributed by atoms with E-state index < -0.39 is 0 Å². The number of carbonyl (C=O) groups is 1. The summed E-state index contributed by atoms with van der Waals surface area (Å²) in [7, 11) is 0. The molecule has 0 unspecified atom stereocenters. The number of amides is 1. The lowest BCUT2D eigenvalue weighted by Gasteiger charge is -2.24. The molecule has 0 atom stereocenters. The Balaban J connectivity index is 0.00000210. The van der Waals surface area contributed by atoms with E-state index in [4.69, 9.17) is 4.74 Å². The Bertz CT molecular complexity index is 780. The van der Waals surface area contributed by atoms with Crippen molar-refractivity contribution >= 4 is 35.0 Å². The number of nitrogens with zero attached hydrogens (tertiary/aromatic N) is 1. The summed E-state index contributed by atoms with van der Waals surface area (Å²) < 4.78 is 5.37. The topological polar surface area (TPSA) is 79.0 Å². The first-order valence-electron chi connectivity index (χ1n) is 9.84. The van der Waals surface area contributed by atoms with Gasteiger partial charge in [-0.1, -0.05) is 19.3 Å². The minimum atomic E-state index is -0.0404. The molecule has 2 fully saturated rings. The second kappa shape index (κ2) is 8.93. The molecule has 2 aromatic heterocycles. The van der Waals surface area contributed by atoms with Crippen LogP contribution in [0.5, 0.6) is 0 Å². The summed E-state index contributed by atoms with van der Waals surface area (Å²) >= 11 is 0. The molecular formula is C20H29ClN4O2. The van der Waals surface area contributed by atoms with Crippen LogP contribution in [-0.4, -0.2) is 41.2 Å². The summed E-state index contributed by atoms with van der Waals surface area (Å²) in [5.41, 5.74) is 2.67. The summed E-state index contributed by atoms with van der Waals surface area (Å²) in [6.07, 6.45) is 11.7. The Morgan fingerprint density at radius 3 is 2.63 bits per heavy atom. The molecule has 27 heavy (non-hydrogen) atoms. The Labute approximate surface area is 166 Å². The summed E-state index contributed by atoms with van der Waals surface area (Å²) in [4.78, 5) is 20.8. The molecule has 2 aliphatic rings. The van der Waals surface area contributed by atoms with Crippen molar-refractivity contribution in [3.63, 3.8) is 0 Å². The van der Waals surface area contributed by atoms with Gasteiger partial charge in [0.1, 0.15) is 0 Å². The normalized spacial score (nSPS) is 18.9. The lowest BCUT2D eigenvalue weighted by Crippen LogP contribution is -2.39. The minimum Gasteiger partial charge on any atom is -0.381 e. The molecule has 1 amide bonds. The number of carbonyl (C=O) groups excluding carboxylic acids is 1. The molecule has 0 radical (unpaired) electrons. The lowest BCUT2D eigenvalue weighted by molar-refractivity contribution is 0.0697. The third kappa shape index (κ3) is 4.38. The first-order chi connectivity index (χ1) is 12.7. The van der Waals surface area contributed by atoms with Crippen LogP contribution in [0, 0.1) is 6.92 Å². The SMILES string of the molecule is Cc1c[nH]c2c(NC3CCCCC3)ncc(C(=O)NC3CCOCC3)c12.Cl. The van der Waals surface area contributed by atoms with Gasteiger partial charge < -0.3 is 20.4 Å². The van der Waals surface area contributed by atoms with Crippen LogP contribution in [0.4, 0.5) is 5.82 Å². The van der Waals surface area contributed by atoms with Crippen molar-refractivity contribution in [2.24, 2.45) is 0 Å². The molecule has 1 saturated heterocycles. The highest BCUT2D eigenvalue weighted by Crippen LogP contribution is 2.29. The monoisotopic (exact) mass is 392 g/mol. The van der Waals surface area contributed by atoms with E-state index in [9.17, 15) is 4.79 Å². The van der Waals surface area contributed by atoms with Crippen molar-refractivity contribution in [3.8, 4) is 0 Å². The van der Waals surface area contributed by atoms with E-state index in [0.29, 0.717) is 24.8 Å². The summed E-state index contributed by atoms with van der Waals surface area (Å²) in [5, 5.41) is 7.72. The molecule has 1 aliphatic carbocycles. The highest BCUT2D eigenvalue weighted by atomic mass is 35.5. The Kier molecular flexibility index (Phi) is 6.60. The molecule has 0 bridgehead atoms. The van der Waals surface area contributed by atoms with Gasteiger partial charge in [-0.05, 0) is 38.2 Å². The van der Waals surface area contributed by atoms with Crippen LogP contribution >= 0.6 is 12.4 Å². The van der Waals surface area contributed by atoms with Crippen molar-refractivity contribution in [2.75, 3.05) is 18.5 Å². The van der Waals surface area contributed by atoms with Gasteiger partial charge in [0.2, 0.25) is 0 Å². The molecule has 7 heteroatoms. The predicted octanol–water partition coefficient (Wildman–Crippen LogP) is 3.95. The number of nitrogens with one attached hydrogen (secondary N) is 3. The molecule has 3 N–H and O–H groups in total. The van der Waals surface area contributed by atoms with Crippen LogP contribution in [-0.2, 0) is 4.74 Å². The zero-order chi connectivity index (χ0) is 17.9. The van der Waals surface area contributed by atoms with Crippen LogP contribution in [0.25, 0.3) is 10.9 Å². The number of aryl methyl sites for hydroxylation is 1. The number of anilines is 1. The highest BCUT2D eigenvalue weighted by Gasteiger charge is 2.22. The number of pyridine rings is 1. The number of halogens is 1. The van der Waals surface area contributed by atoms with Crippen LogP contribution in [0.1, 0.15) is 60.9 Å². The van der Waals surface area contributed by atoms with E-state index in [2.05, 4.69) is 20.6 Å². The van der Waals surface area contributed by atoms with E-state index in [1.807, 2.05) is 13.1 Å². The number of ether oxygens (including phenoxy) is 1. The van der Waals surface area contributed by atoms with Crippen molar-refractivity contribution in [2.45, 2.75) is 64.0 Å². The number of hydrogen-bond donors (Lipinski definition) is 3. The molecule has 1 saturated carbocycles. The first kappa shape index (κ1) is 20.0. The van der Waals surface area contributed by atoms with E-state index in [0.717, 1.165) is 35.1 Å². The largest absolute Gasteiger partial charge is 0.381 e. The Morgan fingerprint density at radius 1 is 1.15 bits per heavy atom. The minimum absolute atomic E-state index is 0. The fraction of sp³-hybridized carbons (Fsp3) is 0.600. The van der Waals surface area contributed by atoms with Gasteiger partial charge >= 0.3 is 0 Å². The molecule has 3 heterocycles. The number of aromatic nitrogens is 2. The van der Waals surface area contributed by atoms with Gasteiger partial charge in [-0.3, -0.25) is 4.79 Å². The number of rotatable bonds is 4. The fourth-order valence-electron chi connectivity index (χ4n) is 4.14. The zero-order valence-corrected chi connectivity index (χ0v) is 16.7. The number of H-pyrrole nitrogens is 1. The predicted molar refractivity (Wildman–Crippen MR) is 110 cm³/mol. The second-order valence-corrected chi connectivity index (χ2v) is 7.58. The number of aromatic amines is 1. The summed E-state index contributed by atoms with van der Waals surface area (Å²) in [6, 6.07) is 0.663. The molecule has 148 valence electrons. The average Bonchev–Trinajstić information content (AvgIpc) is 3.06. The summed E-state index contributed by atoms with van der Waals surface area (Å²) in [5.74, 6) is 0.823. The highest BCUT2D eigenvalue weighted by molar-refractivity contribution is 6.09. The lowest BCUT2D eigenvalue weighted by atomic mass is 9.95. The number of hydrogen-bond acceptors (Lipinski definition) is 4. The molecule has 6 nitrogen and oxygen atoms in total. The molecule has 4 rings (SSSR count). The maximum atomic E-state index is 12.9. The van der Waals surface area contributed by atoms with Crippen molar-refractivity contribution < 1.29 is 9.53 Å². The first-order valence-corrected chi connectivity index (χ1v) is 9.84. The van der Waals surface area contributed by atoms with Crippen molar-refractivity contribution in [1.82, 2.24) is 15.3 Å². The maximum Gasteiger partial charge on any atom is 0.253 e. The van der Waals surface area contributed by atoms with E-state index in [-0.39, 0.29) is 24.4 Å². The zero-order valence-electron chi connectivity index (χ0n) is 15.8. The van der Waals surface area contributed by atoms with Gasteiger partial charge in [-0.25, -0.2) is 4.98 Å². The quantitative estimate of drug-likeness (QED) is 0.736. The van der Waals surface area contributed by atoms with Gasteiger partial charge in [0, 0.05) is 43.1 Å². The second-order valence-electron chi connectivity index (χ2n) is 7.58. The van der Waals surface area contributed by atoms with Crippen molar-refractivity contribution in [1.29, 1.82) is 0 Å². The molecule has 0 aromatic carbocycles. The van der Waals surface area contributed by atoms with Gasteiger partial charge in [0.15, 0.2) is 5.82 Å². The van der Waals surface area contributed by atoms with Crippen molar-refractivity contribution in [3.05, 3.63) is 23.5 Å². The maximum absolute atomic E-state index is 12.9. The van der Waals surface area contributed by atoms with E-state index >= 15 is 0 Å². The van der Waals surface area contributed by atoms with Gasteiger partial charge in [-0.2, -0.15) is 0 Å². The van der Waals surface area contributed by atoms with Gasteiger partial charge in [0.05, 0.1) is 11.1 Å². The number of fused-ring (bicyclic) bond motifs is 1. The molecular weight excluding hydrogens is 364 g/mol.